The monoisotopic (exact) mass is 381 g/mol. The molecular formula is C22H31N5O. The fourth-order valence-electron chi connectivity index (χ4n) is 3.56. The smallest absolute Gasteiger partial charge is 0.274 e. The highest BCUT2D eigenvalue weighted by molar-refractivity contribution is 6.03. The number of carbonyl (C=O) groups excluding carboxylic acids is 1. The Morgan fingerprint density at radius 3 is 2.43 bits per heavy atom. The Hall–Kier alpha value is -2.47. The van der Waals surface area contributed by atoms with E-state index >= 15 is 0 Å². The number of amides is 1. The number of aryl methyl sites for hydroxylation is 1. The average Bonchev–Trinajstić information content (AvgIpc) is 2.67. The standard InChI is InChI=1S/C22H31N5O/c1-6-26-11-13-27(14-12-26)20-15-19(23-16(2)24-20)21(28)25-18-10-8-7-9-17(18)22(3,4)5/h7-10,15H,6,11-14H2,1-5H3,(H,25,28). The number of nitrogens with one attached hydrogen (secondary N) is 1. The van der Waals surface area contributed by atoms with Crippen LogP contribution in [0.15, 0.2) is 30.3 Å². The van der Waals surface area contributed by atoms with Crippen LogP contribution >= 0.6 is 0 Å². The van der Waals surface area contributed by atoms with Crippen molar-refractivity contribution in [2.45, 2.75) is 40.0 Å². The van der Waals surface area contributed by atoms with Gasteiger partial charge in [0.2, 0.25) is 0 Å². The minimum atomic E-state index is -0.198. The van der Waals surface area contributed by atoms with Crippen molar-refractivity contribution in [2.75, 3.05) is 42.9 Å². The molecule has 1 aromatic heterocycles. The zero-order valence-corrected chi connectivity index (χ0v) is 17.6. The van der Waals surface area contributed by atoms with Crippen LogP contribution in [0.2, 0.25) is 0 Å². The maximum absolute atomic E-state index is 13.0. The SMILES string of the molecule is CCN1CCN(c2cc(C(=O)Nc3ccccc3C(C)(C)C)nc(C)n2)CC1. The van der Waals surface area contributed by atoms with Crippen molar-refractivity contribution in [1.82, 2.24) is 14.9 Å². The molecule has 0 radical (unpaired) electrons. The van der Waals surface area contributed by atoms with Crippen LogP contribution in [0.5, 0.6) is 0 Å². The van der Waals surface area contributed by atoms with Gasteiger partial charge in [0.25, 0.3) is 5.91 Å². The van der Waals surface area contributed by atoms with Crippen LogP contribution in [0.3, 0.4) is 0 Å². The lowest BCUT2D eigenvalue weighted by atomic mass is 9.86. The van der Waals surface area contributed by atoms with E-state index in [-0.39, 0.29) is 11.3 Å². The first-order valence-corrected chi connectivity index (χ1v) is 10.0. The summed E-state index contributed by atoms with van der Waals surface area (Å²) in [6.45, 7) is 15.4. The fraction of sp³-hybridized carbons (Fsp3) is 0.500. The zero-order chi connectivity index (χ0) is 20.3. The van der Waals surface area contributed by atoms with Crippen molar-refractivity contribution in [3.8, 4) is 0 Å². The molecule has 1 N–H and O–H groups in total. The lowest BCUT2D eigenvalue weighted by Gasteiger charge is -2.34. The molecule has 0 unspecified atom stereocenters. The van der Waals surface area contributed by atoms with Gasteiger partial charge >= 0.3 is 0 Å². The highest BCUT2D eigenvalue weighted by atomic mass is 16.1. The minimum Gasteiger partial charge on any atom is -0.354 e. The molecule has 1 amide bonds. The summed E-state index contributed by atoms with van der Waals surface area (Å²) in [5.41, 5.74) is 2.28. The predicted octanol–water partition coefficient (Wildman–Crippen LogP) is 3.48. The summed E-state index contributed by atoms with van der Waals surface area (Å²) in [6, 6.07) is 9.74. The van der Waals surface area contributed by atoms with E-state index in [0.717, 1.165) is 49.8 Å². The van der Waals surface area contributed by atoms with Crippen LogP contribution in [0, 0.1) is 6.92 Å². The molecule has 1 fully saturated rings. The van der Waals surface area contributed by atoms with E-state index in [4.69, 9.17) is 0 Å². The molecule has 0 atom stereocenters. The molecule has 1 aliphatic heterocycles. The molecule has 150 valence electrons. The Labute approximate surface area is 168 Å². The van der Waals surface area contributed by atoms with Gasteiger partial charge in [0.05, 0.1) is 0 Å². The first kappa shape index (κ1) is 20.3. The number of hydrogen-bond acceptors (Lipinski definition) is 5. The highest BCUT2D eigenvalue weighted by Gasteiger charge is 2.22. The summed E-state index contributed by atoms with van der Waals surface area (Å²) >= 11 is 0. The summed E-state index contributed by atoms with van der Waals surface area (Å²) in [7, 11) is 0. The Kier molecular flexibility index (Phi) is 5.98. The molecular weight excluding hydrogens is 350 g/mol. The third-order valence-electron chi connectivity index (χ3n) is 5.18. The normalized spacial score (nSPS) is 15.5. The quantitative estimate of drug-likeness (QED) is 0.879. The van der Waals surface area contributed by atoms with E-state index in [0.29, 0.717) is 11.5 Å². The van der Waals surface area contributed by atoms with Gasteiger partial charge in [-0.05, 0) is 30.5 Å². The first-order valence-electron chi connectivity index (χ1n) is 10.0. The molecule has 6 nitrogen and oxygen atoms in total. The van der Waals surface area contributed by atoms with Crippen molar-refractivity contribution < 1.29 is 4.79 Å². The largest absolute Gasteiger partial charge is 0.354 e. The van der Waals surface area contributed by atoms with Crippen LogP contribution in [0.1, 0.15) is 49.6 Å². The lowest BCUT2D eigenvalue weighted by Crippen LogP contribution is -2.46. The van der Waals surface area contributed by atoms with Crippen LogP contribution in [-0.4, -0.2) is 53.5 Å². The number of piperazine rings is 1. The van der Waals surface area contributed by atoms with Crippen LogP contribution in [0.25, 0.3) is 0 Å². The van der Waals surface area contributed by atoms with Crippen molar-refractivity contribution in [3.63, 3.8) is 0 Å². The summed E-state index contributed by atoms with van der Waals surface area (Å²) < 4.78 is 0. The molecule has 0 saturated carbocycles. The summed E-state index contributed by atoms with van der Waals surface area (Å²) in [5.74, 6) is 1.25. The number of nitrogens with zero attached hydrogens (tertiary/aromatic N) is 4. The molecule has 28 heavy (non-hydrogen) atoms. The molecule has 1 aliphatic rings. The van der Waals surface area contributed by atoms with Gasteiger partial charge in [0.15, 0.2) is 0 Å². The van der Waals surface area contributed by atoms with E-state index in [2.05, 4.69) is 58.8 Å². The van der Waals surface area contributed by atoms with Gasteiger partial charge in [-0.1, -0.05) is 45.9 Å². The fourth-order valence-corrected chi connectivity index (χ4v) is 3.56. The average molecular weight is 382 g/mol. The maximum Gasteiger partial charge on any atom is 0.274 e. The van der Waals surface area contributed by atoms with Gasteiger partial charge in [0, 0.05) is 37.9 Å². The molecule has 1 aromatic carbocycles. The van der Waals surface area contributed by atoms with Crippen LogP contribution in [-0.2, 0) is 5.41 Å². The Balaban J connectivity index is 1.81. The number of likely N-dealkylation sites (N-methyl/N-ethyl adjacent to an activating group) is 1. The summed E-state index contributed by atoms with van der Waals surface area (Å²) in [4.78, 5) is 26.6. The lowest BCUT2D eigenvalue weighted by molar-refractivity contribution is 0.102. The number of para-hydroxylation sites is 1. The Bertz CT molecular complexity index is 835. The third kappa shape index (κ3) is 4.68. The number of hydrogen-bond donors (Lipinski definition) is 1. The zero-order valence-electron chi connectivity index (χ0n) is 17.6. The Morgan fingerprint density at radius 1 is 1.11 bits per heavy atom. The topological polar surface area (TPSA) is 61.4 Å². The van der Waals surface area contributed by atoms with E-state index in [1.165, 1.54) is 0 Å². The van der Waals surface area contributed by atoms with Crippen molar-refractivity contribution in [1.29, 1.82) is 0 Å². The van der Waals surface area contributed by atoms with Gasteiger partial charge < -0.3 is 15.1 Å². The van der Waals surface area contributed by atoms with E-state index < -0.39 is 0 Å². The van der Waals surface area contributed by atoms with Gasteiger partial charge in [-0.3, -0.25) is 4.79 Å². The van der Waals surface area contributed by atoms with Gasteiger partial charge in [-0.25, -0.2) is 9.97 Å². The third-order valence-corrected chi connectivity index (χ3v) is 5.18. The molecule has 6 heteroatoms. The highest BCUT2D eigenvalue weighted by Crippen LogP contribution is 2.29. The van der Waals surface area contributed by atoms with Crippen LogP contribution in [0.4, 0.5) is 11.5 Å². The number of aromatic nitrogens is 2. The second kappa shape index (κ2) is 8.27. The van der Waals surface area contributed by atoms with Crippen molar-refractivity contribution >= 4 is 17.4 Å². The number of benzene rings is 1. The van der Waals surface area contributed by atoms with Gasteiger partial charge in [0.1, 0.15) is 17.3 Å². The first-order chi connectivity index (χ1) is 13.3. The van der Waals surface area contributed by atoms with Gasteiger partial charge in [-0.15, -0.1) is 0 Å². The molecule has 0 bridgehead atoms. The van der Waals surface area contributed by atoms with E-state index in [1.54, 1.807) is 0 Å². The predicted molar refractivity (Wildman–Crippen MR) is 114 cm³/mol. The van der Waals surface area contributed by atoms with Gasteiger partial charge in [-0.2, -0.15) is 0 Å². The Morgan fingerprint density at radius 2 is 1.79 bits per heavy atom. The summed E-state index contributed by atoms with van der Waals surface area (Å²) in [5, 5.41) is 3.05. The minimum absolute atomic E-state index is 0.0599. The van der Waals surface area contributed by atoms with E-state index in [9.17, 15) is 4.79 Å². The number of anilines is 2. The second-order valence-corrected chi connectivity index (χ2v) is 8.33. The second-order valence-electron chi connectivity index (χ2n) is 8.33. The molecule has 1 saturated heterocycles. The number of carbonyl (C=O) groups is 1. The van der Waals surface area contributed by atoms with E-state index in [1.807, 2.05) is 31.2 Å². The van der Waals surface area contributed by atoms with Crippen molar-refractivity contribution in [2.24, 2.45) is 0 Å². The molecule has 2 heterocycles. The molecule has 2 aromatic rings. The molecule has 0 spiro atoms. The van der Waals surface area contributed by atoms with Crippen LogP contribution < -0.4 is 10.2 Å². The summed E-state index contributed by atoms with van der Waals surface area (Å²) in [6.07, 6.45) is 0. The van der Waals surface area contributed by atoms with Crippen molar-refractivity contribution in [3.05, 3.63) is 47.4 Å². The molecule has 0 aliphatic carbocycles. The number of rotatable bonds is 4. The molecule has 3 rings (SSSR count). The maximum atomic E-state index is 13.0.